The van der Waals surface area contributed by atoms with Gasteiger partial charge in [0.1, 0.15) is 5.69 Å². The molecule has 2 aromatic rings. The summed E-state index contributed by atoms with van der Waals surface area (Å²) in [6, 6.07) is 6.31. The highest BCUT2D eigenvalue weighted by molar-refractivity contribution is 7.98. The molecule has 0 bridgehead atoms. The molecule has 0 spiro atoms. The number of aromatic amines is 1. The Labute approximate surface area is 125 Å². The first-order valence-corrected chi connectivity index (χ1v) is 7.14. The van der Waals surface area contributed by atoms with E-state index in [-0.39, 0.29) is 11.2 Å². The van der Waals surface area contributed by atoms with Gasteiger partial charge in [0.2, 0.25) is 0 Å². The van der Waals surface area contributed by atoms with E-state index in [1.165, 1.54) is 23.9 Å². The van der Waals surface area contributed by atoms with Crippen LogP contribution in [0.3, 0.4) is 0 Å². The van der Waals surface area contributed by atoms with Crippen LogP contribution in [0, 0.1) is 17.0 Å². The van der Waals surface area contributed by atoms with E-state index in [1.54, 1.807) is 26.1 Å². The van der Waals surface area contributed by atoms with E-state index in [2.05, 4.69) is 15.3 Å². The summed E-state index contributed by atoms with van der Waals surface area (Å²) < 4.78 is 0. The van der Waals surface area contributed by atoms with Gasteiger partial charge in [-0.05, 0) is 12.5 Å². The lowest BCUT2D eigenvalue weighted by Crippen LogP contribution is -2.08. The van der Waals surface area contributed by atoms with Crippen LogP contribution in [0.5, 0.6) is 0 Å². The quantitative estimate of drug-likeness (QED) is 0.380. The van der Waals surface area contributed by atoms with Crippen molar-refractivity contribution in [1.82, 2.24) is 9.97 Å². The minimum absolute atomic E-state index is 0.0290. The van der Waals surface area contributed by atoms with Gasteiger partial charge in [-0.1, -0.05) is 23.9 Å². The number of nitrogens with zero attached hydrogens (tertiary/aromatic N) is 2. The summed E-state index contributed by atoms with van der Waals surface area (Å²) in [6.45, 7) is 1.74. The van der Waals surface area contributed by atoms with E-state index >= 15 is 0 Å². The predicted molar refractivity (Wildman–Crippen MR) is 81.8 cm³/mol. The number of aromatic nitrogens is 2. The largest absolute Gasteiger partial charge is 0.382 e. The first-order chi connectivity index (χ1) is 10.0. The maximum atomic E-state index is 11.4. The van der Waals surface area contributed by atoms with Crippen molar-refractivity contribution in [1.29, 1.82) is 0 Å². The number of H-pyrrole nitrogens is 1. The molecular weight excluding hydrogens is 292 g/mol. The Morgan fingerprint density at radius 1 is 1.48 bits per heavy atom. The van der Waals surface area contributed by atoms with Gasteiger partial charge in [0.15, 0.2) is 5.16 Å². The van der Waals surface area contributed by atoms with Crippen LogP contribution in [-0.2, 0) is 5.75 Å². The molecular formula is C13H14N4O3S. The zero-order valence-electron chi connectivity index (χ0n) is 11.5. The average Bonchev–Trinajstić information content (AvgIpc) is 2.43. The minimum Gasteiger partial charge on any atom is -0.382 e. The Morgan fingerprint density at radius 2 is 2.24 bits per heavy atom. The Balaban J connectivity index is 2.25. The van der Waals surface area contributed by atoms with Crippen LogP contribution in [-0.4, -0.2) is 21.9 Å². The van der Waals surface area contributed by atoms with Gasteiger partial charge in [-0.2, -0.15) is 0 Å². The van der Waals surface area contributed by atoms with Crippen molar-refractivity contribution < 1.29 is 4.92 Å². The number of hydrogen-bond acceptors (Lipinski definition) is 6. The van der Waals surface area contributed by atoms with Crippen molar-refractivity contribution >= 4 is 23.1 Å². The van der Waals surface area contributed by atoms with Crippen molar-refractivity contribution in [3.8, 4) is 0 Å². The topological polar surface area (TPSA) is 101 Å². The summed E-state index contributed by atoms with van der Waals surface area (Å²) in [7, 11) is 1.64. The van der Waals surface area contributed by atoms with Crippen LogP contribution in [0.25, 0.3) is 0 Å². The van der Waals surface area contributed by atoms with Crippen molar-refractivity contribution in [3.63, 3.8) is 0 Å². The molecule has 0 radical (unpaired) electrons. The van der Waals surface area contributed by atoms with Crippen LogP contribution >= 0.6 is 11.8 Å². The normalized spacial score (nSPS) is 10.4. The first kappa shape index (κ1) is 15.0. The van der Waals surface area contributed by atoms with E-state index in [1.807, 2.05) is 0 Å². The van der Waals surface area contributed by atoms with E-state index < -0.39 is 4.92 Å². The number of thioether (sulfide) groups is 1. The summed E-state index contributed by atoms with van der Waals surface area (Å²) in [6.07, 6.45) is 0. The van der Waals surface area contributed by atoms with Gasteiger partial charge in [-0.15, -0.1) is 0 Å². The van der Waals surface area contributed by atoms with Gasteiger partial charge >= 0.3 is 0 Å². The van der Waals surface area contributed by atoms with Crippen molar-refractivity contribution in [2.75, 3.05) is 12.4 Å². The van der Waals surface area contributed by atoms with Crippen molar-refractivity contribution in [3.05, 3.63) is 56.0 Å². The number of rotatable bonds is 5. The number of para-hydroxylation sites is 1. The lowest BCUT2D eigenvalue weighted by atomic mass is 10.1. The van der Waals surface area contributed by atoms with Gasteiger partial charge in [0.05, 0.1) is 4.92 Å². The zero-order chi connectivity index (χ0) is 15.4. The fourth-order valence-electron chi connectivity index (χ4n) is 1.91. The molecule has 21 heavy (non-hydrogen) atoms. The van der Waals surface area contributed by atoms with Gasteiger partial charge in [0, 0.05) is 30.6 Å². The number of benzene rings is 1. The molecule has 0 unspecified atom stereocenters. The molecule has 2 N–H and O–H groups in total. The van der Waals surface area contributed by atoms with Gasteiger partial charge < -0.3 is 10.3 Å². The smallest absolute Gasteiger partial charge is 0.292 e. The highest BCUT2D eigenvalue weighted by atomic mass is 32.2. The van der Waals surface area contributed by atoms with Gasteiger partial charge in [0.25, 0.3) is 11.2 Å². The molecule has 1 aromatic carbocycles. The number of aryl methyl sites for hydroxylation is 1. The zero-order valence-corrected chi connectivity index (χ0v) is 12.4. The molecule has 110 valence electrons. The third-order valence-electron chi connectivity index (χ3n) is 2.79. The predicted octanol–water partition coefficient (Wildman–Crippen LogP) is 2.32. The summed E-state index contributed by atoms with van der Waals surface area (Å²) in [4.78, 5) is 28.8. The molecule has 0 fully saturated rings. The number of hydrogen-bond donors (Lipinski definition) is 2. The maximum absolute atomic E-state index is 11.4. The molecule has 2 rings (SSSR count). The first-order valence-electron chi connectivity index (χ1n) is 6.16. The fourth-order valence-corrected chi connectivity index (χ4v) is 2.83. The molecule has 0 amide bonds. The van der Waals surface area contributed by atoms with Crippen molar-refractivity contribution in [2.45, 2.75) is 17.8 Å². The molecule has 1 aromatic heterocycles. The molecule has 0 aliphatic carbocycles. The average molecular weight is 306 g/mol. The highest BCUT2D eigenvalue weighted by Gasteiger charge is 2.16. The fraction of sp³-hybridized carbons (Fsp3) is 0.231. The SMILES string of the molecule is CNc1c(CSc2nc(C)cc(=O)[nH]2)cccc1[N+](=O)[O-]. The summed E-state index contributed by atoms with van der Waals surface area (Å²) in [5.74, 6) is 0.463. The van der Waals surface area contributed by atoms with E-state index in [0.29, 0.717) is 22.3 Å². The van der Waals surface area contributed by atoms with Gasteiger partial charge in [-0.25, -0.2) is 4.98 Å². The second kappa shape index (κ2) is 6.40. The van der Waals surface area contributed by atoms with Crippen molar-refractivity contribution in [2.24, 2.45) is 0 Å². The molecule has 0 atom stereocenters. The van der Waals surface area contributed by atoms with E-state index in [9.17, 15) is 14.9 Å². The molecule has 8 heteroatoms. The minimum atomic E-state index is -0.424. The van der Waals surface area contributed by atoms with Crippen LogP contribution < -0.4 is 10.9 Å². The highest BCUT2D eigenvalue weighted by Crippen LogP contribution is 2.31. The molecule has 0 aliphatic heterocycles. The Kier molecular flexibility index (Phi) is 4.59. The second-order valence-electron chi connectivity index (χ2n) is 4.30. The lowest BCUT2D eigenvalue weighted by molar-refractivity contribution is -0.384. The molecule has 0 saturated heterocycles. The van der Waals surface area contributed by atoms with E-state index in [4.69, 9.17) is 0 Å². The number of nitro groups is 1. The lowest BCUT2D eigenvalue weighted by Gasteiger charge is -2.09. The molecule has 7 nitrogen and oxygen atoms in total. The Hall–Kier alpha value is -2.35. The molecule has 1 heterocycles. The standard InChI is InChI=1S/C13H14N4O3S/c1-8-6-11(18)16-13(15-8)21-7-9-4-3-5-10(17(19)20)12(9)14-2/h3-6,14H,7H2,1-2H3,(H,15,16,18). The molecule has 0 aliphatic rings. The Morgan fingerprint density at radius 3 is 2.86 bits per heavy atom. The number of anilines is 1. The maximum Gasteiger partial charge on any atom is 0.292 e. The summed E-state index contributed by atoms with van der Waals surface area (Å²) in [5, 5.41) is 14.3. The monoisotopic (exact) mass is 306 g/mol. The van der Waals surface area contributed by atoms with Crippen LogP contribution in [0.15, 0.2) is 34.2 Å². The third kappa shape index (κ3) is 3.60. The second-order valence-corrected chi connectivity index (χ2v) is 5.26. The van der Waals surface area contributed by atoms with Crippen LogP contribution in [0.2, 0.25) is 0 Å². The summed E-state index contributed by atoms with van der Waals surface area (Å²) in [5.41, 5.74) is 1.71. The summed E-state index contributed by atoms with van der Waals surface area (Å²) >= 11 is 1.32. The number of nitrogens with one attached hydrogen (secondary N) is 2. The number of nitro benzene ring substituents is 1. The van der Waals surface area contributed by atoms with E-state index in [0.717, 1.165) is 5.56 Å². The third-order valence-corrected chi connectivity index (χ3v) is 3.71. The molecule has 0 saturated carbocycles. The van der Waals surface area contributed by atoms with Gasteiger partial charge in [-0.3, -0.25) is 14.9 Å². The van der Waals surface area contributed by atoms with Crippen LogP contribution in [0.4, 0.5) is 11.4 Å². The Bertz CT molecular complexity index is 730. The van der Waals surface area contributed by atoms with Crippen LogP contribution in [0.1, 0.15) is 11.3 Å².